The zero-order valence-corrected chi connectivity index (χ0v) is 7.94. The van der Waals surface area contributed by atoms with Gasteiger partial charge in [-0.2, -0.15) is 0 Å². The third-order valence-electron chi connectivity index (χ3n) is 3.47. The van der Waals surface area contributed by atoms with Crippen LogP contribution in [0.2, 0.25) is 0 Å². The average Bonchev–Trinajstić information content (AvgIpc) is 2.33. The molecule has 2 rings (SSSR count). The van der Waals surface area contributed by atoms with E-state index in [9.17, 15) is 0 Å². The van der Waals surface area contributed by atoms with Crippen molar-refractivity contribution in [1.29, 1.82) is 0 Å². The summed E-state index contributed by atoms with van der Waals surface area (Å²) in [5.74, 6) is 0. The molecule has 2 aliphatic rings. The van der Waals surface area contributed by atoms with Crippen molar-refractivity contribution in [1.82, 2.24) is 0 Å². The maximum atomic E-state index is 6.23. The third kappa shape index (κ3) is 1.50. The van der Waals surface area contributed by atoms with Gasteiger partial charge in [0.1, 0.15) is 0 Å². The fourth-order valence-corrected chi connectivity index (χ4v) is 2.57. The van der Waals surface area contributed by atoms with Gasteiger partial charge in [0.25, 0.3) is 0 Å². The summed E-state index contributed by atoms with van der Waals surface area (Å²) in [6.07, 6.45) is 6.36. The predicted molar refractivity (Wildman–Crippen MR) is 48.9 cm³/mol. The standard InChI is InChI=1S/C10H19NO/c1-9(3-2-4-9)7-10(11)5-6-12-8-10/h2-8,11H2,1H3. The number of hydrogen-bond acceptors (Lipinski definition) is 2. The first-order valence-electron chi connectivity index (χ1n) is 4.99. The minimum Gasteiger partial charge on any atom is -0.379 e. The van der Waals surface area contributed by atoms with Crippen LogP contribution in [-0.2, 0) is 4.74 Å². The highest BCUT2D eigenvalue weighted by Gasteiger charge is 2.41. The van der Waals surface area contributed by atoms with Gasteiger partial charge in [0.15, 0.2) is 0 Å². The van der Waals surface area contributed by atoms with Gasteiger partial charge >= 0.3 is 0 Å². The van der Waals surface area contributed by atoms with Crippen LogP contribution in [0.4, 0.5) is 0 Å². The zero-order chi connectivity index (χ0) is 8.66. The van der Waals surface area contributed by atoms with Crippen molar-refractivity contribution in [3.63, 3.8) is 0 Å². The molecule has 2 fully saturated rings. The Hall–Kier alpha value is -0.0800. The topological polar surface area (TPSA) is 35.2 Å². The molecule has 0 bridgehead atoms. The molecule has 2 nitrogen and oxygen atoms in total. The van der Waals surface area contributed by atoms with E-state index in [-0.39, 0.29) is 5.54 Å². The first-order valence-corrected chi connectivity index (χ1v) is 4.99. The van der Waals surface area contributed by atoms with Crippen LogP contribution < -0.4 is 5.73 Å². The zero-order valence-electron chi connectivity index (χ0n) is 7.94. The van der Waals surface area contributed by atoms with Crippen LogP contribution in [0.3, 0.4) is 0 Å². The van der Waals surface area contributed by atoms with Gasteiger partial charge in [0.2, 0.25) is 0 Å². The van der Waals surface area contributed by atoms with Crippen molar-refractivity contribution >= 4 is 0 Å². The first kappa shape index (κ1) is 8.52. The maximum Gasteiger partial charge on any atom is 0.0647 e. The Bertz CT molecular complexity index is 169. The fraction of sp³-hybridized carbons (Fsp3) is 1.00. The van der Waals surface area contributed by atoms with E-state index in [0.29, 0.717) is 5.41 Å². The molecule has 1 aliphatic carbocycles. The number of ether oxygens (including phenoxy) is 1. The second-order valence-corrected chi connectivity index (χ2v) is 5.01. The van der Waals surface area contributed by atoms with E-state index in [0.717, 1.165) is 19.6 Å². The van der Waals surface area contributed by atoms with E-state index in [1.54, 1.807) is 0 Å². The van der Waals surface area contributed by atoms with Gasteiger partial charge in [-0.3, -0.25) is 0 Å². The second-order valence-electron chi connectivity index (χ2n) is 5.01. The van der Waals surface area contributed by atoms with Gasteiger partial charge < -0.3 is 10.5 Å². The van der Waals surface area contributed by atoms with Gasteiger partial charge in [-0.1, -0.05) is 13.3 Å². The Labute approximate surface area is 74.5 Å². The lowest BCUT2D eigenvalue weighted by molar-refractivity contribution is 0.0922. The maximum absolute atomic E-state index is 6.23. The molecule has 1 heterocycles. The summed E-state index contributed by atoms with van der Waals surface area (Å²) in [6.45, 7) is 4.01. The van der Waals surface area contributed by atoms with E-state index in [2.05, 4.69) is 6.92 Å². The van der Waals surface area contributed by atoms with Gasteiger partial charge in [-0.05, 0) is 31.1 Å². The lowest BCUT2D eigenvalue weighted by Crippen LogP contribution is -2.46. The van der Waals surface area contributed by atoms with Gasteiger partial charge in [0, 0.05) is 12.1 Å². The smallest absolute Gasteiger partial charge is 0.0647 e. The molecule has 0 spiro atoms. The summed E-state index contributed by atoms with van der Waals surface area (Å²) in [4.78, 5) is 0. The van der Waals surface area contributed by atoms with Crippen LogP contribution in [0.15, 0.2) is 0 Å². The number of rotatable bonds is 2. The quantitative estimate of drug-likeness (QED) is 0.682. The van der Waals surface area contributed by atoms with Crippen LogP contribution in [0, 0.1) is 5.41 Å². The molecule has 0 radical (unpaired) electrons. The van der Waals surface area contributed by atoms with E-state index < -0.39 is 0 Å². The van der Waals surface area contributed by atoms with Crippen LogP contribution >= 0.6 is 0 Å². The van der Waals surface area contributed by atoms with Crippen molar-refractivity contribution in [3.05, 3.63) is 0 Å². The van der Waals surface area contributed by atoms with Crippen LogP contribution in [0.5, 0.6) is 0 Å². The van der Waals surface area contributed by atoms with Crippen LogP contribution in [0.25, 0.3) is 0 Å². The van der Waals surface area contributed by atoms with Crippen molar-refractivity contribution in [2.24, 2.45) is 11.1 Å². The van der Waals surface area contributed by atoms with Gasteiger partial charge in [-0.15, -0.1) is 0 Å². The minimum atomic E-state index is 0.00910. The fourth-order valence-electron chi connectivity index (χ4n) is 2.57. The predicted octanol–water partition coefficient (Wildman–Crippen LogP) is 1.68. The SMILES string of the molecule is CC1(CC2(N)CCOC2)CCC1. The number of nitrogens with two attached hydrogens (primary N) is 1. The second kappa shape index (κ2) is 2.71. The van der Waals surface area contributed by atoms with Crippen molar-refractivity contribution < 1.29 is 4.74 Å². The molecule has 0 aromatic carbocycles. The molecule has 1 saturated carbocycles. The first-order chi connectivity index (χ1) is 5.62. The van der Waals surface area contributed by atoms with E-state index >= 15 is 0 Å². The molecule has 70 valence electrons. The molecule has 12 heavy (non-hydrogen) atoms. The molecule has 0 amide bonds. The van der Waals surface area contributed by atoms with Crippen LogP contribution in [0.1, 0.15) is 39.0 Å². The van der Waals surface area contributed by atoms with Crippen molar-refractivity contribution in [2.45, 2.75) is 44.6 Å². The Morgan fingerprint density at radius 2 is 2.08 bits per heavy atom. The molecule has 0 aromatic heterocycles. The molecule has 2 heteroatoms. The highest BCUT2D eigenvalue weighted by molar-refractivity contribution is 4.97. The summed E-state index contributed by atoms with van der Waals surface area (Å²) in [5, 5.41) is 0. The Balaban J connectivity index is 1.92. The van der Waals surface area contributed by atoms with Crippen molar-refractivity contribution in [2.75, 3.05) is 13.2 Å². The Kier molecular flexibility index (Phi) is 1.92. The molecule has 2 N–H and O–H groups in total. The molecule has 0 aromatic rings. The normalized spacial score (nSPS) is 39.5. The highest BCUT2D eigenvalue weighted by atomic mass is 16.5. The van der Waals surface area contributed by atoms with E-state index in [1.165, 1.54) is 25.7 Å². The molecular weight excluding hydrogens is 150 g/mol. The minimum absolute atomic E-state index is 0.00910. The Morgan fingerprint density at radius 1 is 1.33 bits per heavy atom. The highest BCUT2D eigenvalue weighted by Crippen LogP contribution is 2.46. The molecule has 1 atom stereocenters. The lowest BCUT2D eigenvalue weighted by Gasteiger charge is -2.43. The molecule has 1 unspecified atom stereocenters. The van der Waals surface area contributed by atoms with Crippen molar-refractivity contribution in [3.8, 4) is 0 Å². The molecule has 1 saturated heterocycles. The van der Waals surface area contributed by atoms with E-state index in [1.807, 2.05) is 0 Å². The van der Waals surface area contributed by atoms with E-state index in [4.69, 9.17) is 10.5 Å². The summed E-state index contributed by atoms with van der Waals surface area (Å²) in [5.41, 5.74) is 6.78. The van der Waals surface area contributed by atoms with Gasteiger partial charge in [-0.25, -0.2) is 0 Å². The monoisotopic (exact) mass is 169 g/mol. The summed E-state index contributed by atoms with van der Waals surface area (Å²) in [7, 11) is 0. The summed E-state index contributed by atoms with van der Waals surface area (Å²) in [6, 6.07) is 0. The molecule has 1 aliphatic heterocycles. The Morgan fingerprint density at radius 3 is 2.50 bits per heavy atom. The molecular formula is C10H19NO. The largest absolute Gasteiger partial charge is 0.379 e. The number of hydrogen-bond donors (Lipinski definition) is 1. The van der Waals surface area contributed by atoms with Gasteiger partial charge in [0.05, 0.1) is 6.61 Å². The average molecular weight is 169 g/mol. The third-order valence-corrected chi connectivity index (χ3v) is 3.47. The lowest BCUT2D eigenvalue weighted by atomic mass is 9.64. The summed E-state index contributed by atoms with van der Waals surface area (Å²) < 4.78 is 5.35. The summed E-state index contributed by atoms with van der Waals surface area (Å²) >= 11 is 0. The van der Waals surface area contributed by atoms with Crippen LogP contribution in [-0.4, -0.2) is 18.8 Å².